The number of esters is 1. The molecule has 1 aromatic carbocycles. The first-order chi connectivity index (χ1) is 14.1. The number of anilines is 2. The van der Waals surface area contributed by atoms with Crippen molar-refractivity contribution in [2.24, 2.45) is 0 Å². The lowest BCUT2D eigenvalue weighted by Gasteiger charge is -2.28. The summed E-state index contributed by atoms with van der Waals surface area (Å²) >= 11 is 1.49. The number of fused-ring (bicyclic) bond motifs is 1. The van der Waals surface area contributed by atoms with Crippen molar-refractivity contribution in [3.63, 3.8) is 0 Å². The Kier molecular flexibility index (Phi) is 5.77. The maximum absolute atomic E-state index is 12.4. The van der Waals surface area contributed by atoms with Crippen LogP contribution in [0.3, 0.4) is 0 Å². The Bertz CT molecular complexity index is 963. The molecule has 8 nitrogen and oxygen atoms in total. The summed E-state index contributed by atoms with van der Waals surface area (Å²) < 4.78 is 12.5. The van der Waals surface area contributed by atoms with E-state index in [0.717, 1.165) is 37.0 Å². The number of aromatic nitrogens is 2. The van der Waals surface area contributed by atoms with E-state index in [4.69, 9.17) is 9.47 Å². The number of carbonyl (C=O) groups is 2. The normalized spacial score (nSPS) is 15.3. The molecule has 0 spiro atoms. The lowest BCUT2D eigenvalue weighted by atomic mass is 10.2. The van der Waals surface area contributed by atoms with E-state index in [9.17, 15) is 9.59 Å². The topological polar surface area (TPSA) is 85.2 Å². The van der Waals surface area contributed by atoms with Crippen molar-refractivity contribution in [2.45, 2.75) is 19.4 Å². The molecule has 0 unspecified atom stereocenters. The molecule has 1 aliphatic rings. The number of nitrogens with zero attached hydrogens (tertiary/aromatic N) is 3. The van der Waals surface area contributed by atoms with Gasteiger partial charge in [-0.1, -0.05) is 0 Å². The van der Waals surface area contributed by atoms with Gasteiger partial charge in [-0.15, -0.1) is 11.3 Å². The first-order valence-electron chi connectivity index (χ1n) is 9.43. The van der Waals surface area contributed by atoms with Crippen LogP contribution in [-0.4, -0.2) is 53.7 Å². The number of thiazole rings is 1. The van der Waals surface area contributed by atoms with Gasteiger partial charge in [-0.3, -0.25) is 14.0 Å². The van der Waals surface area contributed by atoms with Gasteiger partial charge >= 0.3 is 5.97 Å². The van der Waals surface area contributed by atoms with Crippen LogP contribution in [0.2, 0.25) is 0 Å². The minimum atomic E-state index is -0.898. The van der Waals surface area contributed by atoms with Crippen molar-refractivity contribution in [2.75, 3.05) is 36.5 Å². The van der Waals surface area contributed by atoms with Crippen molar-refractivity contribution in [1.82, 2.24) is 9.38 Å². The van der Waals surface area contributed by atoms with Gasteiger partial charge in [0.15, 0.2) is 11.1 Å². The zero-order valence-corrected chi connectivity index (χ0v) is 16.9. The number of rotatable bonds is 6. The fourth-order valence-corrected chi connectivity index (χ4v) is 3.84. The average Bonchev–Trinajstić information content (AvgIpc) is 3.30. The minimum absolute atomic E-state index is 0.0280. The molecule has 1 amide bonds. The van der Waals surface area contributed by atoms with Crippen molar-refractivity contribution in [3.05, 3.63) is 47.7 Å². The molecule has 3 heterocycles. The Morgan fingerprint density at radius 1 is 1.28 bits per heavy atom. The van der Waals surface area contributed by atoms with Crippen molar-refractivity contribution < 1.29 is 19.1 Å². The molecule has 152 valence electrons. The second-order valence-electron chi connectivity index (χ2n) is 6.77. The first-order valence-corrected chi connectivity index (χ1v) is 10.3. The van der Waals surface area contributed by atoms with Gasteiger partial charge in [-0.2, -0.15) is 0 Å². The summed E-state index contributed by atoms with van der Waals surface area (Å²) in [6.45, 7) is 4.71. The quantitative estimate of drug-likeness (QED) is 0.624. The highest BCUT2D eigenvalue weighted by atomic mass is 32.1. The molecular weight excluding hydrogens is 392 g/mol. The predicted molar refractivity (Wildman–Crippen MR) is 110 cm³/mol. The van der Waals surface area contributed by atoms with Gasteiger partial charge in [-0.05, 0) is 31.2 Å². The summed E-state index contributed by atoms with van der Waals surface area (Å²) in [6, 6.07) is 7.61. The lowest BCUT2D eigenvalue weighted by molar-refractivity contribution is -0.152. The van der Waals surface area contributed by atoms with Crippen LogP contribution < -0.4 is 10.2 Å². The minimum Gasteiger partial charge on any atom is -0.452 e. The molecule has 1 atom stereocenters. The summed E-state index contributed by atoms with van der Waals surface area (Å²) in [5.41, 5.74) is 2.36. The van der Waals surface area contributed by atoms with Crippen LogP contribution in [0.15, 0.2) is 42.0 Å². The highest BCUT2D eigenvalue weighted by Gasteiger charge is 2.19. The van der Waals surface area contributed by atoms with E-state index in [1.807, 2.05) is 40.2 Å². The summed E-state index contributed by atoms with van der Waals surface area (Å²) in [4.78, 5) is 31.9. The lowest BCUT2D eigenvalue weighted by Crippen LogP contribution is -2.36. The van der Waals surface area contributed by atoms with E-state index in [2.05, 4.69) is 15.2 Å². The number of hydrogen-bond donors (Lipinski definition) is 1. The van der Waals surface area contributed by atoms with Crippen LogP contribution in [-0.2, 0) is 25.5 Å². The molecule has 0 aliphatic carbocycles. The van der Waals surface area contributed by atoms with Crippen LogP contribution in [0.5, 0.6) is 0 Å². The molecule has 0 radical (unpaired) electrons. The molecular formula is C20H22N4O4S. The number of carbonyl (C=O) groups excluding carboxylic acids is 2. The van der Waals surface area contributed by atoms with E-state index in [0.29, 0.717) is 11.4 Å². The Hall–Kier alpha value is -2.91. The highest BCUT2D eigenvalue weighted by Crippen LogP contribution is 2.19. The Morgan fingerprint density at radius 2 is 2.03 bits per heavy atom. The SMILES string of the molecule is C[C@@H](OC(=O)Cc1cn2ccsc2n1)C(=O)Nc1ccc(N2CCOCC2)cc1. The predicted octanol–water partition coefficient (Wildman–Crippen LogP) is 2.35. The molecule has 1 N–H and O–H groups in total. The summed E-state index contributed by atoms with van der Waals surface area (Å²) in [7, 11) is 0. The third-order valence-electron chi connectivity index (χ3n) is 4.66. The highest BCUT2D eigenvalue weighted by molar-refractivity contribution is 7.15. The zero-order valence-electron chi connectivity index (χ0n) is 16.0. The fraction of sp³-hybridized carbons (Fsp3) is 0.350. The Balaban J connectivity index is 1.28. The van der Waals surface area contributed by atoms with Gasteiger partial charge in [0, 0.05) is 42.2 Å². The number of nitrogens with one attached hydrogen (secondary N) is 1. The van der Waals surface area contributed by atoms with Gasteiger partial charge in [0.2, 0.25) is 0 Å². The first kappa shape index (κ1) is 19.4. The van der Waals surface area contributed by atoms with E-state index in [-0.39, 0.29) is 12.3 Å². The molecule has 2 aromatic heterocycles. The molecule has 1 aliphatic heterocycles. The monoisotopic (exact) mass is 414 g/mol. The van der Waals surface area contributed by atoms with Gasteiger partial charge in [-0.25, -0.2) is 4.98 Å². The maximum atomic E-state index is 12.4. The molecule has 3 aromatic rings. The number of imidazole rings is 1. The number of benzene rings is 1. The van der Waals surface area contributed by atoms with Crippen molar-refractivity contribution >= 4 is 39.5 Å². The summed E-state index contributed by atoms with van der Waals surface area (Å²) in [5.74, 6) is -0.857. The number of hydrogen-bond acceptors (Lipinski definition) is 7. The second kappa shape index (κ2) is 8.62. The van der Waals surface area contributed by atoms with Crippen molar-refractivity contribution in [3.8, 4) is 0 Å². The van der Waals surface area contributed by atoms with Crippen LogP contribution in [0.4, 0.5) is 11.4 Å². The molecule has 9 heteroatoms. The second-order valence-corrected chi connectivity index (χ2v) is 7.64. The summed E-state index contributed by atoms with van der Waals surface area (Å²) in [6.07, 6.45) is 2.79. The summed E-state index contributed by atoms with van der Waals surface area (Å²) in [5, 5.41) is 4.70. The van der Waals surface area contributed by atoms with E-state index >= 15 is 0 Å². The van der Waals surface area contributed by atoms with Gasteiger partial charge in [0.05, 0.1) is 25.3 Å². The Labute approximate surface area is 172 Å². The van der Waals surface area contributed by atoms with E-state index in [1.54, 1.807) is 13.1 Å². The third-order valence-corrected chi connectivity index (χ3v) is 5.43. The molecule has 4 rings (SSSR count). The van der Waals surface area contributed by atoms with Gasteiger partial charge in [0.25, 0.3) is 5.91 Å². The standard InChI is InChI=1S/C20H22N4O4S/c1-14(28-18(25)12-16-13-24-8-11-29-20(24)22-16)19(26)21-15-2-4-17(5-3-15)23-6-9-27-10-7-23/h2-5,8,11,13-14H,6-7,9-10,12H2,1H3,(H,21,26)/t14-/m1/s1. The number of morpholine rings is 1. The number of ether oxygens (including phenoxy) is 2. The average molecular weight is 414 g/mol. The van der Waals surface area contributed by atoms with Crippen molar-refractivity contribution in [1.29, 1.82) is 0 Å². The smallest absolute Gasteiger partial charge is 0.312 e. The molecule has 1 fully saturated rings. The Morgan fingerprint density at radius 3 is 2.76 bits per heavy atom. The third kappa shape index (κ3) is 4.75. The largest absolute Gasteiger partial charge is 0.452 e. The fourth-order valence-electron chi connectivity index (χ4n) is 3.12. The molecule has 0 saturated carbocycles. The maximum Gasteiger partial charge on any atom is 0.312 e. The zero-order chi connectivity index (χ0) is 20.2. The van der Waals surface area contributed by atoms with Crippen LogP contribution >= 0.6 is 11.3 Å². The number of amides is 1. The molecule has 0 bridgehead atoms. The van der Waals surface area contributed by atoms with Gasteiger partial charge in [0.1, 0.15) is 0 Å². The molecule has 1 saturated heterocycles. The molecule has 29 heavy (non-hydrogen) atoms. The van der Waals surface area contributed by atoms with E-state index < -0.39 is 12.1 Å². The van der Waals surface area contributed by atoms with Crippen LogP contribution in [0, 0.1) is 0 Å². The van der Waals surface area contributed by atoms with Crippen LogP contribution in [0.25, 0.3) is 4.96 Å². The van der Waals surface area contributed by atoms with Gasteiger partial charge < -0.3 is 19.7 Å². The van der Waals surface area contributed by atoms with E-state index in [1.165, 1.54) is 11.3 Å². The van der Waals surface area contributed by atoms with Crippen LogP contribution in [0.1, 0.15) is 12.6 Å².